The molecule has 1 N–H and O–H groups in total. The minimum Gasteiger partial charge on any atom is -0.499 e. The molecule has 3 atom stereocenters. The lowest BCUT2D eigenvalue weighted by Gasteiger charge is -2.38. The molecule has 1 unspecified atom stereocenters. The summed E-state index contributed by atoms with van der Waals surface area (Å²) in [6, 6.07) is -0.764. The highest BCUT2D eigenvalue weighted by molar-refractivity contribution is 6.74. The number of allylic oxidation sites excluding steroid dienone is 1. The van der Waals surface area contributed by atoms with Crippen LogP contribution in [0.2, 0.25) is 18.1 Å². The summed E-state index contributed by atoms with van der Waals surface area (Å²) in [5.74, 6) is -1.32. The predicted octanol–water partition coefficient (Wildman–Crippen LogP) is 8.41. The fourth-order valence-electron chi connectivity index (χ4n) is 5.33. The number of nitrogens with zero attached hydrogens (tertiary/aromatic N) is 2. The smallest absolute Gasteiger partial charge is 0.417 e. The third kappa shape index (κ3) is 16.7. The Morgan fingerprint density at radius 1 is 1.04 bits per heavy atom. The Bertz CT molecular complexity index is 1250. The van der Waals surface area contributed by atoms with Crippen molar-refractivity contribution in [1.29, 1.82) is 0 Å². The van der Waals surface area contributed by atoms with E-state index < -0.39 is 56.3 Å². The van der Waals surface area contributed by atoms with Gasteiger partial charge in [0.15, 0.2) is 8.32 Å². The second-order valence-electron chi connectivity index (χ2n) is 16.0. The van der Waals surface area contributed by atoms with Crippen LogP contribution in [0.15, 0.2) is 35.1 Å². The number of hydrogen-bond donors (Lipinski definition) is 1. The van der Waals surface area contributed by atoms with Gasteiger partial charge in [-0.25, -0.2) is 9.69 Å². The van der Waals surface area contributed by atoms with Crippen LogP contribution in [-0.2, 0) is 33.0 Å². The van der Waals surface area contributed by atoms with Crippen LogP contribution in [0.25, 0.3) is 0 Å². The van der Waals surface area contributed by atoms with E-state index >= 15 is 0 Å². The van der Waals surface area contributed by atoms with Crippen molar-refractivity contribution in [2.45, 2.75) is 161 Å². The fraction of sp³-hybridized carbons (Fsp3) is 0.744. The number of amides is 4. The van der Waals surface area contributed by atoms with Crippen molar-refractivity contribution >= 4 is 43.7 Å². The molecule has 0 fully saturated rings. The van der Waals surface area contributed by atoms with Crippen molar-refractivity contribution < 1.29 is 42.9 Å². The fourth-order valence-corrected chi connectivity index (χ4v) is 6.49. The molecule has 298 valence electrons. The van der Waals surface area contributed by atoms with Gasteiger partial charge in [-0.1, -0.05) is 83.6 Å². The van der Waals surface area contributed by atoms with Gasteiger partial charge in [-0.05, 0) is 70.2 Å². The van der Waals surface area contributed by atoms with Gasteiger partial charge in [-0.15, -0.1) is 0 Å². The van der Waals surface area contributed by atoms with Crippen LogP contribution in [0.3, 0.4) is 0 Å². The number of imide groups is 2. The summed E-state index contributed by atoms with van der Waals surface area (Å²) in [5.41, 5.74) is 0.660. The molecule has 1 aliphatic heterocycles. The van der Waals surface area contributed by atoms with E-state index in [1.807, 2.05) is 12.2 Å². The van der Waals surface area contributed by atoms with Crippen molar-refractivity contribution in [3.05, 3.63) is 35.1 Å². The molecule has 11 nitrogen and oxygen atoms in total. The van der Waals surface area contributed by atoms with Crippen molar-refractivity contribution in [2.24, 2.45) is 0 Å². The van der Waals surface area contributed by atoms with Gasteiger partial charge < -0.3 is 23.7 Å². The van der Waals surface area contributed by atoms with E-state index in [4.69, 9.17) is 30.2 Å². The highest BCUT2D eigenvalue weighted by Crippen LogP contribution is 2.37. The molecule has 0 saturated heterocycles. The van der Waals surface area contributed by atoms with E-state index in [1.165, 1.54) is 44.4 Å². The molecule has 0 bridgehead atoms. The summed E-state index contributed by atoms with van der Waals surface area (Å²) in [7, 11) is 0.925. The average molecular weight is 772 g/mol. The van der Waals surface area contributed by atoms with Crippen LogP contribution in [0.4, 0.5) is 4.79 Å². The Hall–Kier alpha value is -2.51. The first-order chi connectivity index (χ1) is 24.2. The Balaban J connectivity index is 2.93. The van der Waals surface area contributed by atoms with Crippen molar-refractivity contribution in [3.8, 4) is 0 Å². The number of carbonyl (C=O) groups excluding carboxylic acids is 4. The van der Waals surface area contributed by atoms with Crippen molar-refractivity contribution in [1.82, 2.24) is 9.80 Å². The van der Waals surface area contributed by atoms with Gasteiger partial charge in [0, 0.05) is 25.1 Å². The first kappa shape index (κ1) is 47.5. The Labute approximate surface area is 319 Å². The number of hydrogen-bond acceptors (Lipinski definition) is 9. The molecule has 0 radical (unpaired) electrons. The van der Waals surface area contributed by atoms with Crippen LogP contribution in [0.1, 0.15) is 119 Å². The largest absolute Gasteiger partial charge is 0.499 e. The summed E-state index contributed by atoms with van der Waals surface area (Å²) in [6.45, 7) is 17.6. The molecular weight excluding hydrogens is 704 g/mol. The molecule has 0 aromatic heterocycles. The van der Waals surface area contributed by atoms with E-state index in [1.54, 1.807) is 27.9 Å². The topological polar surface area (TPSA) is 132 Å². The first-order valence-electron chi connectivity index (χ1n) is 18.6. The number of aliphatic hydroxyl groups is 1. The SMILES string of the molecule is CCCCCCC[C@@H](C/C=C/CCC(=O)N(C/C(=C\Cl)CC(O)CC(=O)N1C(=O)C=C(OC)[C@@H]1CO[Si](C)(C)C(C)(C)C)C(=O)OC(C)(C)C)OC. The number of aliphatic hydroxyl groups excluding tert-OH is 1. The third-order valence-electron chi connectivity index (χ3n) is 9.45. The van der Waals surface area contributed by atoms with Gasteiger partial charge in [0.05, 0.1) is 38.9 Å². The highest BCUT2D eigenvalue weighted by Gasteiger charge is 2.43. The molecule has 0 aliphatic carbocycles. The van der Waals surface area contributed by atoms with E-state index in [-0.39, 0.29) is 37.1 Å². The molecule has 1 aliphatic rings. The third-order valence-corrected chi connectivity index (χ3v) is 14.3. The Morgan fingerprint density at radius 3 is 2.25 bits per heavy atom. The summed E-state index contributed by atoms with van der Waals surface area (Å²) in [5, 5.41) is 10.9. The van der Waals surface area contributed by atoms with Crippen molar-refractivity contribution in [3.63, 3.8) is 0 Å². The average Bonchev–Trinajstić information content (AvgIpc) is 3.37. The van der Waals surface area contributed by atoms with Crippen LogP contribution < -0.4 is 0 Å². The predicted molar refractivity (Wildman–Crippen MR) is 208 cm³/mol. The maximum Gasteiger partial charge on any atom is 0.417 e. The second-order valence-corrected chi connectivity index (χ2v) is 21.1. The van der Waals surface area contributed by atoms with Crippen LogP contribution in [0.5, 0.6) is 0 Å². The summed E-state index contributed by atoms with van der Waals surface area (Å²) >= 11 is 6.14. The van der Waals surface area contributed by atoms with Gasteiger partial charge in [-0.3, -0.25) is 19.3 Å². The lowest BCUT2D eigenvalue weighted by atomic mass is 10.0. The molecule has 1 heterocycles. The Kier molecular flexibility index (Phi) is 20.7. The highest BCUT2D eigenvalue weighted by atomic mass is 35.5. The van der Waals surface area contributed by atoms with Gasteiger partial charge in [0.2, 0.25) is 11.8 Å². The summed E-state index contributed by atoms with van der Waals surface area (Å²) in [6.07, 6.45) is 10.8. The summed E-state index contributed by atoms with van der Waals surface area (Å²) in [4.78, 5) is 55.0. The molecule has 4 amide bonds. The molecule has 13 heteroatoms. The van der Waals surface area contributed by atoms with Gasteiger partial charge >= 0.3 is 6.09 Å². The van der Waals surface area contributed by atoms with E-state index in [2.05, 4.69) is 40.8 Å². The number of ether oxygens (including phenoxy) is 3. The monoisotopic (exact) mass is 770 g/mol. The zero-order chi connectivity index (χ0) is 39.7. The van der Waals surface area contributed by atoms with E-state index in [0.29, 0.717) is 17.8 Å². The number of rotatable bonds is 22. The standard InChI is InChI=1S/C39H67ClN2O9Si/c1-12-13-14-15-17-20-31(48-8)21-18-16-19-22-34(44)41(37(47)51-38(2,3)4)27-29(26-40)23-30(43)24-35(45)42-32(33(49-9)25-36(42)46)28-50-52(10,11)39(5,6)7/h16,18,25-26,30-32,43H,12-15,17,19-24,27-28H2,1-11H3/b18-16+,29-26-/t30?,31-,32-/m0/s1. The normalized spacial score (nSPS) is 17.0. The van der Waals surface area contributed by atoms with Gasteiger partial charge in [0.1, 0.15) is 17.4 Å². The summed E-state index contributed by atoms with van der Waals surface area (Å²) < 4.78 is 22.9. The lowest BCUT2D eigenvalue weighted by Crippen LogP contribution is -2.48. The quantitative estimate of drug-likeness (QED) is 0.0655. The molecule has 0 spiro atoms. The number of carbonyl (C=O) groups is 4. The number of unbranched alkanes of at least 4 members (excludes halogenated alkanes) is 4. The maximum atomic E-state index is 13.5. The minimum atomic E-state index is -2.22. The van der Waals surface area contributed by atoms with Crippen LogP contribution >= 0.6 is 11.6 Å². The Morgan fingerprint density at radius 2 is 1.69 bits per heavy atom. The van der Waals surface area contributed by atoms with Gasteiger partial charge in [-0.2, -0.15) is 0 Å². The molecule has 52 heavy (non-hydrogen) atoms. The molecule has 0 saturated carbocycles. The van der Waals surface area contributed by atoms with E-state index in [0.717, 1.165) is 29.1 Å². The maximum absolute atomic E-state index is 13.5. The molecule has 0 aromatic carbocycles. The number of methoxy groups -OCH3 is 2. The first-order valence-corrected chi connectivity index (χ1v) is 22.0. The zero-order valence-corrected chi connectivity index (χ0v) is 35.5. The van der Waals surface area contributed by atoms with Gasteiger partial charge in [0.25, 0.3) is 5.91 Å². The molecule has 1 rings (SSSR count). The minimum absolute atomic E-state index is 0.0469. The van der Waals surface area contributed by atoms with E-state index in [9.17, 15) is 24.3 Å². The van der Waals surface area contributed by atoms with Crippen LogP contribution in [0, 0.1) is 0 Å². The molecule has 0 aromatic rings. The lowest BCUT2D eigenvalue weighted by molar-refractivity contribution is -0.145. The second kappa shape index (κ2) is 22.6. The number of halogens is 1. The zero-order valence-electron chi connectivity index (χ0n) is 33.7. The van der Waals surface area contributed by atoms with Crippen LogP contribution in [-0.4, -0.2) is 98.3 Å². The van der Waals surface area contributed by atoms with Crippen molar-refractivity contribution in [2.75, 3.05) is 27.4 Å². The molecular formula is C39H67ClN2O9Si.